The maximum absolute atomic E-state index is 12.5. The minimum atomic E-state index is -4.31. The Bertz CT molecular complexity index is 877. The lowest BCUT2D eigenvalue weighted by atomic mass is 10.1. The molecule has 0 saturated heterocycles. The maximum Gasteiger partial charge on any atom is 0.416 e. The van der Waals surface area contributed by atoms with Gasteiger partial charge in [-0.05, 0) is 42.0 Å². The van der Waals surface area contributed by atoms with Crippen LogP contribution in [0.1, 0.15) is 17.0 Å². The van der Waals surface area contributed by atoms with Gasteiger partial charge in [0, 0.05) is 11.5 Å². The zero-order chi connectivity index (χ0) is 16.6. The van der Waals surface area contributed by atoms with Crippen LogP contribution in [0.25, 0.3) is 23.2 Å². The summed E-state index contributed by atoms with van der Waals surface area (Å²) in [6.07, 6.45) is -0.778. The van der Waals surface area contributed by atoms with Crippen LogP contribution in [0.4, 0.5) is 13.2 Å². The number of hydrogen-bond donors (Lipinski definition) is 0. The van der Waals surface area contributed by atoms with E-state index in [1.807, 2.05) is 29.8 Å². The van der Waals surface area contributed by atoms with Crippen LogP contribution in [0.15, 0.2) is 46.9 Å². The average Bonchev–Trinajstić information content (AvgIpc) is 2.81. The lowest BCUT2D eigenvalue weighted by molar-refractivity contribution is -0.137. The van der Waals surface area contributed by atoms with Crippen molar-refractivity contribution >= 4 is 39.1 Å². The van der Waals surface area contributed by atoms with Crippen LogP contribution in [0.5, 0.6) is 0 Å². The Morgan fingerprint density at radius 3 is 2.39 bits per heavy atom. The van der Waals surface area contributed by atoms with Gasteiger partial charge in [0.05, 0.1) is 16.6 Å². The molecule has 0 saturated carbocycles. The fourth-order valence-electron chi connectivity index (χ4n) is 2.28. The minimum Gasteiger partial charge on any atom is -0.328 e. The number of rotatable bonds is 2. The van der Waals surface area contributed by atoms with E-state index in [2.05, 4.69) is 20.9 Å². The monoisotopic (exact) mass is 380 g/mol. The topological polar surface area (TPSA) is 17.8 Å². The predicted octanol–water partition coefficient (Wildman–Crippen LogP) is 5.53. The van der Waals surface area contributed by atoms with Gasteiger partial charge >= 0.3 is 6.18 Å². The molecule has 0 unspecified atom stereocenters. The highest BCUT2D eigenvalue weighted by molar-refractivity contribution is 9.10. The van der Waals surface area contributed by atoms with Crippen molar-refractivity contribution in [3.8, 4) is 0 Å². The second-order valence-corrected chi connectivity index (χ2v) is 6.03. The van der Waals surface area contributed by atoms with Gasteiger partial charge in [0.2, 0.25) is 0 Å². The average molecular weight is 381 g/mol. The molecule has 0 bridgehead atoms. The normalized spacial score (nSPS) is 12.4. The highest BCUT2D eigenvalue weighted by atomic mass is 79.9. The Morgan fingerprint density at radius 2 is 1.74 bits per heavy atom. The lowest BCUT2D eigenvalue weighted by Crippen LogP contribution is -2.03. The third kappa shape index (κ3) is 3.32. The van der Waals surface area contributed by atoms with Gasteiger partial charge in [0.1, 0.15) is 5.82 Å². The first-order valence-corrected chi connectivity index (χ1v) is 7.61. The van der Waals surface area contributed by atoms with E-state index < -0.39 is 11.7 Å². The summed E-state index contributed by atoms with van der Waals surface area (Å²) in [7, 11) is 1.90. The number of fused-ring (bicyclic) bond motifs is 1. The van der Waals surface area contributed by atoms with Gasteiger partial charge in [-0.25, -0.2) is 4.98 Å². The van der Waals surface area contributed by atoms with Gasteiger partial charge in [-0.15, -0.1) is 0 Å². The van der Waals surface area contributed by atoms with Crippen molar-refractivity contribution in [2.45, 2.75) is 6.18 Å². The molecule has 0 amide bonds. The van der Waals surface area contributed by atoms with Crippen LogP contribution in [0.3, 0.4) is 0 Å². The summed E-state index contributed by atoms with van der Waals surface area (Å²) in [5.41, 5.74) is 1.88. The molecule has 6 heteroatoms. The minimum absolute atomic E-state index is 0.651. The van der Waals surface area contributed by atoms with E-state index in [1.54, 1.807) is 12.2 Å². The molecule has 1 aromatic heterocycles. The lowest BCUT2D eigenvalue weighted by Gasteiger charge is -2.05. The second-order valence-electron chi connectivity index (χ2n) is 5.12. The summed E-state index contributed by atoms with van der Waals surface area (Å²) in [5, 5.41) is 0. The Labute approximate surface area is 139 Å². The zero-order valence-corrected chi connectivity index (χ0v) is 13.7. The number of halogens is 4. The number of benzene rings is 2. The van der Waals surface area contributed by atoms with Crippen LogP contribution in [-0.2, 0) is 13.2 Å². The van der Waals surface area contributed by atoms with Crippen LogP contribution < -0.4 is 0 Å². The van der Waals surface area contributed by atoms with Crippen molar-refractivity contribution in [3.63, 3.8) is 0 Å². The molecule has 2 nitrogen and oxygen atoms in total. The first-order chi connectivity index (χ1) is 10.8. The van der Waals surface area contributed by atoms with Gasteiger partial charge in [-0.2, -0.15) is 13.2 Å². The highest BCUT2D eigenvalue weighted by Gasteiger charge is 2.29. The van der Waals surface area contributed by atoms with E-state index >= 15 is 0 Å². The predicted molar refractivity (Wildman–Crippen MR) is 88.8 cm³/mol. The van der Waals surface area contributed by atoms with E-state index in [0.29, 0.717) is 5.56 Å². The molecule has 1 heterocycles. The van der Waals surface area contributed by atoms with Crippen molar-refractivity contribution in [2.24, 2.45) is 7.05 Å². The van der Waals surface area contributed by atoms with Gasteiger partial charge < -0.3 is 4.57 Å². The maximum atomic E-state index is 12.5. The van der Waals surface area contributed by atoms with Gasteiger partial charge in [0.15, 0.2) is 0 Å². The molecule has 2 aromatic carbocycles. The molecule has 0 aliphatic rings. The zero-order valence-electron chi connectivity index (χ0n) is 12.1. The van der Waals surface area contributed by atoms with E-state index in [-0.39, 0.29) is 0 Å². The Balaban J connectivity index is 1.89. The van der Waals surface area contributed by atoms with Gasteiger partial charge in [0.25, 0.3) is 0 Å². The van der Waals surface area contributed by atoms with Crippen LogP contribution >= 0.6 is 15.9 Å². The van der Waals surface area contributed by atoms with Crippen molar-refractivity contribution in [2.75, 3.05) is 0 Å². The number of imidazole rings is 1. The Hall–Kier alpha value is -2.08. The Morgan fingerprint density at radius 1 is 1.04 bits per heavy atom. The molecule has 0 atom stereocenters. The summed E-state index contributed by atoms with van der Waals surface area (Å²) in [4.78, 5) is 4.50. The van der Waals surface area contributed by atoms with Gasteiger partial charge in [-0.1, -0.05) is 34.1 Å². The molecule has 0 fully saturated rings. The molecule has 118 valence electrons. The summed E-state index contributed by atoms with van der Waals surface area (Å²) in [5.74, 6) is 0.734. The highest BCUT2D eigenvalue weighted by Crippen LogP contribution is 2.29. The first-order valence-electron chi connectivity index (χ1n) is 6.82. The number of nitrogens with zero attached hydrogens (tertiary/aromatic N) is 2. The molecule has 0 aliphatic carbocycles. The fourth-order valence-corrected chi connectivity index (χ4v) is 2.63. The number of alkyl halides is 3. The quantitative estimate of drug-likeness (QED) is 0.571. The van der Waals surface area contributed by atoms with Crippen molar-refractivity contribution in [1.29, 1.82) is 0 Å². The summed E-state index contributed by atoms with van der Waals surface area (Å²) in [6.45, 7) is 0. The van der Waals surface area contributed by atoms with E-state index in [1.165, 1.54) is 12.1 Å². The van der Waals surface area contributed by atoms with Gasteiger partial charge in [-0.3, -0.25) is 0 Å². The standard InChI is InChI=1S/C17H12BrF3N2/c1-23-15-10-13(18)7-8-14(15)22-16(23)9-4-11-2-5-12(6-3-11)17(19,20)21/h2-10H,1H3. The van der Waals surface area contributed by atoms with Crippen molar-refractivity contribution in [3.05, 3.63) is 63.9 Å². The van der Waals surface area contributed by atoms with Crippen molar-refractivity contribution in [1.82, 2.24) is 9.55 Å². The number of hydrogen-bond acceptors (Lipinski definition) is 1. The molecule has 23 heavy (non-hydrogen) atoms. The molecule has 3 rings (SSSR count). The van der Waals surface area contributed by atoms with Crippen LogP contribution in [0.2, 0.25) is 0 Å². The Kier molecular flexibility index (Phi) is 4.02. The second kappa shape index (κ2) is 5.85. The van der Waals surface area contributed by atoms with E-state index in [0.717, 1.165) is 33.5 Å². The molecule has 3 aromatic rings. The van der Waals surface area contributed by atoms with E-state index in [9.17, 15) is 13.2 Å². The third-order valence-corrected chi connectivity index (χ3v) is 4.03. The summed E-state index contributed by atoms with van der Waals surface area (Å²) in [6, 6.07) is 10.8. The molecule has 0 spiro atoms. The third-order valence-electron chi connectivity index (χ3n) is 3.54. The molecular formula is C17H12BrF3N2. The molecule has 0 radical (unpaired) electrons. The smallest absolute Gasteiger partial charge is 0.328 e. The number of aryl methyl sites for hydroxylation is 1. The fraction of sp³-hybridized carbons (Fsp3) is 0.118. The van der Waals surface area contributed by atoms with Crippen LogP contribution in [0, 0.1) is 0 Å². The SMILES string of the molecule is Cn1c(C=Cc2ccc(C(F)(F)F)cc2)nc2ccc(Br)cc21. The largest absolute Gasteiger partial charge is 0.416 e. The van der Waals surface area contributed by atoms with Crippen molar-refractivity contribution < 1.29 is 13.2 Å². The summed E-state index contributed by atoms with van der Waals surface area (Å²) >= 11 is 3.42. The molecular weight excluding hydrogens is 369 g/mol. The first kappa shape index (κ1) is 15.8. The van der Waals surface area contributed by atoms with E-state index in [4.69, 9.17) is 0 Å². The number of aromatic nitrogens is 2. The van der Waals surface area contributed by atoms with Crippen LogP contribution in [-0.4, -0.2) is 9.55 Å². The molecule has 0 aliphatic heterocycles. The molecule has 0 N–H and O–H groups in total. The summed E-state index contributed by atoms with van der Waals surface area (Å²) < 4.78 is 40.5.